The normalized spacial score (nSPS) is 22.9. The number of nitrogens with zero attached hydrogens (tertiary/aromatic N) is 1. The summed E-state index contributed by atoms with van der Waals surface area (Å²) < 4.78 is 5.39. The Morgan fingerprint density at radius 3 is 2.89 bits per heavy atom. The summed E-state index contributed by atoms with van der Waals surface area (Å²) in [6.45, 7) is 6.58. The zero-order valence-electron chi connectivity index (χ0n) is 12.1. The van der Waals surface area contributed by atoms with Crippen molar-refractivity contribution in [2.75, 3.05) is 33.3 Å². The van der Waals surface area contributed by atoms with Crippen molar-refractivity contribution in [3.8, 4) is 0 Å². The van der Waals surface area contributed by atoms with Gasteiger partial charge in [0.1, 0.15) is 0 Å². The fourth-order valence-corrected chi connectivity index (χ4v) is 2.72. The van der Waals surface area contributed by atoms with Crippen LogP contribution in [0.4, 0.5) is 0 Å². The SMILES string of the molecule is COC(C)CN1CCCNC(Cc2ccccc2)C1. The molecule has 1 aromatic rings. The number of ether oxygens (including phenoxy) is 1. The summed E-state index contributed by atoms with van der Waals surface area (Å²) in [5.74, 6) is 0. The third kappa shape index (κ3) is 4.94. The van der Waals surface area contributed by atoms with Gasteiger partial charge < -0.3 is 10.1 Å². The molecule has 1 N–H and O–H groups in total. The van der Waals surface area contributed by atoms with Crippen LogP contribution in [-0.2, 0) is 11.2 Å². The molecule has 0 aliphatic carbocycles. The minimum atomic E-state index is 0.315. The predicted molar refractivity (Wildman–Crippen MR) is 79.5 cm³/mol. The van der Waals surface area contributed by atoms with Gasteiger partial charge in [0.15, 0.2) is 0 Å². The molecule has 1 saturated heterocycles. The summed E-state index contributed by atoms with van der Waals surface area (Å²) in [4.78, 5) is 2.53. The van der Waals surface area contributed by atoms with Crippen LogP contribution in [0, 0.1) is 0 Å². The Balaban J connectivity index is 1.89. The molecule has 19 heavy (non-hydrogen) atoms. The smallest absolute Gasteiger partial charge is 0.0670 e. The molecule has 0 spiro atoms. The van der Waals surface area contributed by atoms with E-state index in [9.17, 15) is 0 Å². The molecule has 1 aliphatic heterocycles. The van der Waals surface area contributed by atoms with Crippen LogP contribution in [0.1, 0.15) is 18.9 Å². The van der Waals surface area contributed by atoms with E-state index in [-0.39, 0.29) is 0 Å². The van der Waals surface area contributed by atoms with Crippen molar-refractivity contribution in [1.29, 1.82) is 0 Å². The van der Waals surface area contributed by atoms with Gasteiger partial charge in [-0.15, -0.1) is 0 Å². The average molecular weight is 262 g/mol. The lowest BCUT2D eigenvalue weighted by molar-refractivity contribution is 0.0764. The van der Waals surface area contributed by atoms with E-state index in [1.165, 1.54) is 18.5 Å². The first-order chi connectivity index (χ1) is 9.28. The maximum Gasteiger partial charge on any atom is 0.0670 e. The third-order valence-corrected chi connectivity index (χ3v) is 3.81. The standard InChI is InChI=1S/C16H26N2O/c1-14(19-2)12-18-10-6-9-17-16(13-18)11-15-7-4-3-5-8-15/h3-5,7-8,14,16-17H,6,9-13H2,1-2H3. The molecule has 0 saturated carbocycles. The number of benzene rings is 1. The third-order valence-electron chi connectivity index (χ3n) is 3.81. The van der Waals surface area contributed by atoms with Crippen molar-refractivity contribution in [3.05, 3.63) is 35.9 Å². The van der Waals surface area contributed by atoms with Gasteiger partial charge in [-0.3, -0.25) is 4.90 Å². The quantitative estimate of drug-likeness (QED) is 0.877. The van der Waals surface area contributed by atoms with Crippen LogP contribution in [0.3, 0.4) is 0 Å². The van der Waals surface area contributed by atoms with E-state index in [0.717, 1.165) is 26.1 Å². The summed E-state index contributed by atoms with van der Waals surface area (Å²) in [6, 6.07) is 11.3. The van der Waals surface area contributed by atoms with Gasteiger partial charge in [0.2, 0.25) is 0 Å². The number of nitrogens with one attached hydrogen (secondary N) is 1. The number of rotatable bonds is 5. The van der Waals surface area contributed by atoms with Crippen LogP contribution in [0.15, 0.2) is 30.3 Å². The average Bonchev–Trinajstić information content (AvgIpc) is 2.65. The predicted octanol–water partition coefficient (Wildman–Crippen LogP) is 1.93. The molecular weight excluding hydrogens is 236 g/mol. The highest BCUT2D eigenvalue weighted by Crippen LogP contribution is 2.09. The topological polar surface area (TPSA) is 24.5 Å². The van der Waals surface area contributed by atoms with Gasteiger partial charge in [0, 0.05) is 26.2 Å². The maximum absolute atomic E-state index is 5.39. The number of hydrogen-bond donors (Lipinski definition) is 1. The summed E-state index contributed by atoms with van der Waals surface area (Å²) >= 11 is 0. The van der Waals surface area contributed by atoms with E-state index in [0.29, 0.717) is 12.1 Å². The first-order valence-corrected chi connectivity index (χ1v) is 7.30. The minimum Gasteiger partial charge on any atom is -0.380 e. The van der Waals surface area contributed by atoms with Gasteiger partial charge in [0.25, 0.3) is 0 Å². The second-order valence-electron chi connectivity index (χ2n) is 5.50. The fourth-order valence-electron chi connectivity index (χ4n) is 2.72. The minimum absolute atomic E-state index is 0.315. The van der Waals surface area contributed by atoms with Gasteiger partial charge >= 0.3 is 0 Å². The first kappa shape index (κ1) is 14.5. The Labute approximate surface area is 116 Å². The van der Waals surface area contributed by atoms with E-state index in [1.54, 1.807) is 7.11 Å². The van der Waals surface area contributed by atoms with Crippen molar-refractivity contribution in [2.45, 2.75) is 31.9 Å². The summed E-state index contributed by atoms with van der Waals surface area (Å²) in [5, 5.41) is 3.67. The molecule has 3 heteroatoms. The molecule has 2 unspecified atom stereocenters. The lowest BCUT2D eigenvalue weighted by Gasteiger charge is -2.26. The summed E-state index contributed by atoms with van der Waals surface area (Å²) in [6.07, 6.45) is 2.65. The van der Waals surface area contributed by atoms with Crippen LogP contribution in [0.5, 0.6) is 0 Å². The van der Waals surface area contributed by atoms with Gasteiger partial charge in [-0.1, -0.05) is 30.3 Å². The van der Waals surface area contributed by atoms with Crippen molar-refractivity contribution >= 4 is 0 Å². The van der Waals surface area contributed by atoms with Crippen LogP contribution in [0.25, 0.3) is 0 Å². The molecule has 0 aromatic heterocycles. The van der Waals surface area contributed by atoms with Crippen molar-refractivity contribution in [1.82, 2.24) is 10.2 Å². The van der Waals surface area contributed by atoms with Gasteiger partial charge in [0.05, 0.1) is 6.10 Å². The Morgan fingerprint density at radius 2 is 2.16 bits per heavy atom. The number of hydrogen-bond acceptors (Lipinski definition) is 3. The lowest BCUT2D eigenvalue weighted by Crippen LogP contribution is -2.41. The molecule has 1 fully saturated rings. The molecular formula is C16H26N2O. The molecule has 2 atom stereocenters. The molecule has 0 bridgehead atoms. The molecule has 3 nitrogen and oxygen atoms in total. The highest BCUT2D eigenvalue weighted by atomic mass is 16.5. The van der Waals surface area contributed by atoms with Gasteiger partial charge in [-0.05, 0) is 38.4 Å². The van der Waals surface area contributed by atoms with Crippen LogP contribution >= 0.6 is 0 Å². The van der Waals surface area contributed by atoms with E-state index in [4.69, 9.17) is 4.74 Å². The Kier molecular flexibility index (Phi) is 5.83. The maximum atomic E-state index is 5.39. The van der Waals surface area contributed by atoms with Crippen molar-refractivity contribution in [3.63, 3.8) is 0 Å². The molecule has 2 rings (SSSR count). The highest BCUT2D eigenvalue weighted by Gasteiger charge is 2.19. The van der Waals surface area contributed by atoms with Gasteiger partial charge in [-0.2, -0.15) is 0 Å². The largest absolute Gasteiger partial charge is 0.380 e. The van der Waals surface area contributed by atoms with Crippen molar-refractivity contribution < 1.29 is 4.74 Å². The van der Waals surface area contributed by atoms with Crippen LogP contribution in [-0.4, -0.2) is 50.3 Å². The summed E-state index contributed by atoms with van der Waals surface area (Å²) in [5.41, 5.74) is 1.42. The molecule has 106 valence electrons. The monoisotopic (exact) mass is 262 g/mol. The van der Waals surface area contributed by atoms with Crippen molar-refractivity contribution in [2.24, 2.45) is 0 Å². The Bertz CT molecular complexity index is 355. The lowest BCUT2D eigenvalue weighted by atomic mass is 10.1. The van der Waals surface area contributed by atoms with E-state index >= 15 is 0 Å². The highest BCUT2D eigenvalue weighted by molar-refractivity contribution is 5.16. The Hall–Kier alpha value is -0.900. The van der Waals surface area contributed by atoms with Crippen LogP contribution in [0.2, 0.25) is 0 Å². The molecule has 0 amide bonds. The zero-order chi connectivity index (χ0) is 13.5. The van der Waals surface area contributed by atoms with Crippen LogP contribution < -0.4 is 5.32 Å². The molecule has 1 aromatic carbocycles. The van der Waals surface area contributed by atoms with E-state index in [1.807, 2.05) is 0 Å². The van der Waals surface area contributed by atoms with Gasteiger partial charge in [-0.25, -0.2) is 0 Å². The Morgan fingerprint density at radius 1 is 1.37 bits per heavy atom. The number of methoxy groups -OCH3 is 1. The second kappa shape index (κ2) is 7.63. The summed E-state index contributed by atoms with van der Waals surface area (Å²) in [7, 11) is 1.79. The second-order valence-corrected chi connectivity index (χ2v) is 5.50. The van der Waals surface area contributed by atoms with E-state index < -0.39 is 0 Å². The molecule has 1 heterocycles. The molecule has 0 radical (unpaired) electrons. The fraction of sp³-hybridized carbons (Fsp3) is 0.625. The first-order valence-electron chi connectivity index (χ1n) is 7.30. The zero-order valence-corrected chi connectivity index (χ0v) is 12.1. The molecule has 1 aliphatic rings. The van der Waals surface area contributed by atoms with E-state index in [2.05, 4.69) is 47.5 Å².